The lowest BCUT2D eigenvalue weighted by atomic mass is 9.88. The molecular weight excluding hydrogens is 338 g/mol. The second-order valence-electron chi connectivity index (χ2n) is 8.42. The maximum atomic E-state index is 13.2. The highest BCUT2D eigenvalue weighted by molar-refractivity contribution is 5.86. The van der Waals surface area contributed by atoms with Gasteiger partial charge in [-0.1, -0.05) is 26.2 Å². The summed E-state index contributed by atoms with van der Waals surface area (Å²) in [6, 6.07) is 4.54. The maximum Gasteiger partial charge on any atom is 0.242 e. The van der Waals surface area contributed by atoms with E-state index in [-0.39, 0.29) is 30.3 Å². The zero-order valence-electron chi connectivity index (χ0n) is 17.2. The van der Waals surface area contributed by atoms with Gasteiger partial charge in [0.2, 0.25) is 11.8 Å². The van der Waals surface area contributed by atoms with Gasteiger partial charge in [0.05, 0.1) is 6.54 Å². The van der Waals surface area contributed by atoms with E-state index in [0.717, 1.165) is 50.6 Å². The van der Waals surface area contributed by atoms with Crippen molar-refractivity contribution in [2.75, 3.05) is 6.54 Å². The Hall–Kier alpha value is -1.78. The van der Waals surface area contributed by atoms with Crippen LogP contribution in [-0.2, 0) is 23.2 Å². The monoisotopic (exact) mass is 373 g/mol. The van der Waals surface area contributed by atoms with Crippen LogP contribution in [0.1, 0.15) is 70.9 Å². The molecule has 0 aromatic carbocycles. The largest absolute Gasteiger partial charge is 0.353 e. The summed E-state index contributed by atoms with van der Waals surface area (Å²) in [4.78, 5) is 30.2. The first-order chi connectivity index (χ1) is 13.0. The van der Waals surface area contributed by atoms with Gasteiger partial charge in [-0.3, -0.25) is 9.59 Å². The van der Waals surface area contributed by atoms with Crippen molar-refractivity contribution in [3.8, 4) is 0 Å². The molecule has 0 aliphatic heterocycles. The SMILES string of the molecule is CCC(C)N(CC(=O)N(Cc1cccn1C)C1CC1)C(=O)C1CCCCC1. The molecule has 2 fully saturated rings. The number of nitrogens with zero attached hydrogens (tertiary/aromatic N) is 3. The summed E-state index contributed by atoms with van der Waals surface area (Å²) in [7, 11) is 2.02. The van der Waals surface area contributed by atoms with Gasteiger partial charge >= 0.3 is 0 Å². The van der Waals surface area contributed by atoms with Crippen LogP contribution in [0.15, 0.2) is 18.3 Å². The van der Waals surface area contributed by atoms with Crippen molar-refractivity contribution >= 4 is 11.8 Å². The molecule has 5 nitrogen and oxygen atoms in total. The molecular formula is C22H35N3O2. The number of hydrogen-bond donors (Lipinski definition) is 0. The van der Waals surface area contributed by atoms with E-state index >= 15 is 0 Å². The Labute approximate surface area is 163 Å². The third kappa shape index (κ3) is 4.94. The number of rotatable bonds is 8. The summed E-state index contributed by atoms with van der Waals surface area (Å²) in [6.45, 7) is 5.04. The predicted octanol–water partition coefficient (Wildman–Crippen LogP) is 3.72. The van der Waals surface area contributed by atoms with E-state index in [1.165, 1.54) is 6.42 Å². The van der Waals surface area contributed by atoms with Gasteiger partial charge in [-0.05, 0) is 51.2 Å². The molecule has 0 saturated heterocycles. The highest BCUT2D eigenvalue weighted by Gasteiger charge is 2.36. The molecule has 150 valence electrons. The van der Waals surface area contributed by atoms with E-state index in [2.05, 4.69) is 24.5 Å². The molecule has 2 amide bonds. The molecule has 1 aromatic rings. The minimum atomic E-state index is 0.100. The molecule has 2 aliphatic carbocycles. The molecule has 0 radical (unpaired) electrons. The first-order valence-corrected chi connectivity index (χ1v) is 10.7. The molecule has 5 heteroatoms. The highest BCUT2D eigenvalue weighted by Crippen LogP contribution is 2.30. The second-order valence-corrected chi connectivity index (χ2v) is 8.42. The first-order valence-electron chi connectivity index (χ1n) is 10.7. The van der Waals surface area contributed by atoms with Crippen molar-refractivity contribution < 1.29 is 9.59 Å². The standard InChI is InChI=1S/C22H35N3O2/c1-4-17(2)24(22(27)18-9-6-5-7-10-18)16-21(26)25(19-12-13-19)15-20-11-8-14-23(20)3/h8,11,14,17-19H,4-7,9-10,12-13,15-16H2,1-3H3. The lowest BCUT2D eigenvalue weighted by Crippen LogP contribution is -2.49. The average Bonchev–Trinajstić information content (AvgIpc) is 3.45. The Bertz CT molecular complexity index is 644. The number of carbonyl (C=O) groups excluding carboxylic acids is 2. The van der Waals surface area contributed by atoms with Crippen LogP contribution in [-0.4, -0.2) is 44.8 Å². The van der Waals surface area contributed by atoms with Gasteiger partial charge in [-0.15, -0.1) is 0 Å². The Morgan fingerprint density at radius 1 is 1.19 bits per heavy atom. The molecule has 1 aromatic heterocycles. The smallest absolute Gasteiger partial charge is 0.242 e. The Morgan fingerprint density at radius 2 is 1.89 bits per heavy atom. The van der Waals surface area contributed by atoms with Crippen LogP contribution >= 0.6 is 0 Å². The zero-order chi connectivity index (χ0) is 19.4. The molecule has 0 bridgehead atoms. The maximum absolute atomic E-state index is 13.2. The van der Waals surface area contributed by atoms with Crippen LogP contribution in [0.4, 0.5) is 0 Å². The van der Waals surface area contributed by atoms with Gasteiger partial charge in [0, 0.05) is 36.9 Å². The summed E-state index contributed by atoms with van der Waals surface area (Å²) >= 11 is 0. The van der Waals surface area contributed by atoms with Crippen molar-refractivity contribution in [2.24, 2.45) is 13.0 Å². The molecule has 2 saturated carbocycles. The average molecular weight is 374 g/mol. The zero-order valence-corrected chi connectivity index (χ0v) is 17.2. The van der Waals surface area contributed by atoms with Gasteiger partial charge in [-0.2, -0.15) is 0 Å². The molecule has 0 spiro atoms. The number of aromatic nitrogens is 1. The number of amides is 2. The van der Waals surface area contributed by atoms with E-state index in [1.54, 1.807) is 0 Å². The van der Waals surface area contributed by atoms with E-state index in [1.807, 2.05) is 29.1 Å². The molecule has 1 unspecified atom stereocenters. The van der Waals surface area contributed by atoms with Crippen molar-refractivity contribution in [2.45, 2.75) is 83.8 Å². The molecule has 2 aliphatic rings. The van der Waals surface area contributed by atoms with Gasteiger partial charge in [0.15, 0.2) is 0 Å². The van der Waals surface area contributed by atoms with Crippen molar-refractivity contribution in [1.29, 1.82) is 0 Å². The molecule has 1 heterocycles. The lowest BCUT2D eigenvalue weighted by Gasteiger charge is -2.34. The van der Waals surface area contributed by atoms with Crippen molar-refractivity contribution in [3.63, 3.8) is 0 Å². The predicted molar refractivity (Wildman–Crippen MR) is 107 cm³/mol. The Morgan fingerprint density at radius 3 is 2.44 bits per heavy atom. The summed E-state index contributed by atoms with van der Waals surface area (Å²) in [5.74, 6) is 0.415. The summed E-state index contributed by atoms with van der Waals surface area (Å²) in [6.07, 6.45) is 10.5. The summed E-state index contributed by atoms with van der Waals surface area (Å²) in [5, 5.41) is 0. The molecule has 3 rings (SSSR count). The summed E-state index contributed by atoms with van der Waals surface area (Å²) in [5.41, 5.74) is 1.14. The van der Waals surface area contributed by atoms with E-state index in [4.69, 9.17) is 0 Å². The van der Waals surface area contributed by atoms with Gasteiger partial charge in [0.1, 0.15) is 6.54 Å². The number of hydrogen-bond acceptors (Lipinski definition) is 2. The fourth-order valence-corrected chi connectivity index (χ4v) is 4.13. The first kappa shape index (κ1) is 20.0. The minimum absolute atomic E-state index is 0.100. The molecule has 0 N–H and O–H groups in total. The lowest BCUT2D eigenvalue weighted by molar-refractivity contribution is -0.146. The van der Waals surface area contributed by atoms with Crippen molar-refractivity contribution in [1.82, 2.24) is 14.4 Å². The van der Waals surface area contributed by atoms with Crippen LogP contribution in [0.25, 0.3) is 0 Å². The highest BCUT2D eigenvalue weighted by atomic mass is 16.2. The third-order valence-electron chi connectivity index (χ3n) is 6.36. The van der Waals surface area contributed by atoms with Crippen LogP contribution in [0.5, 0.6) is 0 Å². The fourth-order valence-electron chi connectivity index (χ4n) is 4.13. The van der Waals surface area contributed by atoms with Crippen molar-refractivity contribution in [3.05, 3.63) is 24.0 Å². The van der Waals surface area contributed by atoms with Gasteiger partial charge in [-0.25, -0.2) is 0 Å². The fraction of sp³-hybridized carbons (Fsp3) is 0.727. The van der Waals surface area contributed by atoms with Crippen LogP contribution in [0.3, 0.4) is 0 Å². The Kier molecular flexibility index (Phi) is 6.61. The van der Waals surface area contributed by atoms with Crippen LogP contribution < -0.4 is 0 Å². The topological polar surface area (TPSA) is 45.6 Å². The quantitative estimate of drug-likeness (QED) is 0.697. The second kappa shape index (κ2) is 8.94. The molecule has 1 atom stereocenters. The van der Waals surface area contributed by atoms with Gasteiger partial charge < -0.3 is 14.4 Å². The Balaban J connectivity index is 1.70. The molecule has 27 heavy (non-hydrogen) atoms. The minimum Gasteiger partial charge on any atom is -0.353 e. The van der Waals surface area contributed by atoms with E-state index < -0.39 is 0 Å². The third-order valence-corrected chi connectivity index (χ3v) is 6.36. The van der Waals surface area contributed by atoms with Gasteiger partial charge in [0.25, 0.3) is 0 Å². The van der Waals surface area contributed by atoms with E-state index in [0.29, 0.717) is 12.6 Å². The van der Waals surface area contributed by atoms with Crippen LogP contribution in [0, 0.1) is 5.92 Å². The van der Waals surface area contributed by atoms with E-state index in [9.17, 15) is 9.59 Å². The number of carbonyl (C=O) groups is 2. The summed E-state index contributed by atoms with van der Waals surface area (Å²) < 4.78 is 2.07. The normalized spacial score (nSPS) is 18.9. The number of aryl methyl sites for hydroxylation is 1. The van der Waals surface area contributed by atoms with Crippen LogP contribution in [0.2, 0.25) is 0 Å².